The predicted molar refractivity (Wildman–Crippen MR) is 109 cm³/mol. The normalized spacial score (nSPS) is 11.5. The summed E-state index contributed by atoms with van der Waals surface area (Å²) < 4.78 is 17.0. The number of ether oxygens (including phenoxy) is 3. The molecule has 1 heterocycles. The van der Waals surface area contributed by atoms with Gasteiger partial charge in [0.05, 0.1) is 20.4 Å². The Bertz CT molecular complexity index is 886. The Kier molecular flexibility index (Phi) is 7.79. The molecule has 1 aromatic carbocycles. The standard InChI is InChI=1S/C20H26N4O6/c1-12(2)24-17(6-7-22-24)23-19(26)13(3)30-18(25)11-21-20(27)14-8-15(28-4)10-16(9-14)29-5/h6-10,12-13H,11H2,1-5H3,(H,21,27)(H,23,26)/t13-/m0/s1. The highest BCUT2D eigenvalue weighted by atomic mass is 16.5. The fraction of sp³-hybridized carbons (Fsp3) is 0.400. The van der Waals surface area contributed by atoms with Crippen LogP contribution in [0.4, 0.5) is 5.82 Å². The zero-order valence-electron chi connectivity index (χ0n) is 17.6. The van der Waals surface area contributed by atoms with Gasteiger partial charge in [-0.1, -0.05) is 0 Å². The molecule has 2 rings (SSSR count). The van der Waals surface area contributed by atoms with Crippen molar-refractivity contribution in [2.75, 3.05) is 26.1 Å². The van der Waals surface area contributed by atoms with Crippen LogP contribution in [0.3, 0.4) is 0 Å². The Morgan fingerprint density at radius 3 is 2.27 bits per heavy atom. The van der Waals surface area contributed by atoms with E-state index in [9.17, 15) is 14.4 Å². The molecule has 2 amide bonds. The van der Waals surface area contributed by atoms with E-state index in [0.29, 0.717) is 17.3 Å². The highest BCUT2D eigenvalue weighted by molar-refractivity contribution is 5.97. The predicted octanol–water partition coefficient (Wildman–Crippen LogP) is 1.78. The molecule has 0 radical (unpaired) electrons. The molecule has 10 heteroatoms. The van der Waals surface area contributed by atoms with Gasteiger partial charge in [0.2, 0.25) is 0 Å². The summed E-state index contributed by atoms with van der Waals surface area (Å²) in [6.07, 6.45) is 0.511. The average Bonchev–Trinajstić information content (AvgIpc) is 3.19. The number of hydrogen-bond acceptors (Lipinski definition) is 7. The molecule has 162 valence electrons. The van der Waals surface area contributed by atoms with E-state index >= 15 is 0 Å². The van der Waals surface area contributed by atoms with Crippen molar-refractivity contribution in [1.82, 2.24) is 15.1 Å². The number of methoxy groups -OCH3 is 2. The molecule has 0 unspecified atom stereocenters. The lowest BCUT2D eigenvalue weighted by atomic mass is 10.2. The summed E-state index contributed by atoms with van der Waals surface area (Å²) in [7, 11) is 2.93. The minimum absolute atomic E-state index is 0.0543. The third kappa shape index (κ3) is 5.97. The summed E-state index contributed by atoms with van der Waals surface area (Å²) in [5.41, 5.74) is 0.256. The van der Waals surface area contributed by atoms with Gasteiger partial charge in [0.15, 0.2) is 6.10 Å². The van der Waals surface area contributed by atoms with Gasteiger partial charge in [0.1, 0.15) is 23.9 Å². The first-order chi connectivity index (χ1) is 14.2. The van der Waals surface area contributed by atoms with Crippen LogP contribution in [0.5, 0.6) is 11.5 Å². The SMILES string of the molecule is COc1cc(OC)cc(C(=O)NCC(=O)O[C@@H](C)C(=O)Nc2ccnn2C(C)C)c1. The van der Waals surface area contributed by atoms with Crippen LogP contribution in [0.1, 0.15) is 37.2 Å². The lowest BCUT2D eigenvalue weighted by Gasteiger charge is -2.16. The second-order valence-electron chi connectivity index (χ2n) is 6.66. The van der Waals surface area contributed by atoms with Crippen molar-refractivity contribution in [3.8, 4) is 11.5 Å². The zero-order valence-corrected chi connectivity index (χ0v) is 17.6. The van der Waals surface area contributed by atoms with Gasteiger partial charge in [-0.05, 0) is 32.9 Å². The Balaban J connectivity index is 1.88. The molecule has 0 saturated heterocycles. The number of nitrogens with one attached hydrogen (secondary N) is 2. The molecule has 10 nitrogen and oxygen atoms in total. The molecule has 0 aliphatic heterocycles. The fourth-order valence-electron chi connectivity index (χ4n) is 2.54. The average molecular weight is 418 g/mol. The molecular formula is C20H26N4O6. The minimum atomic E-state index is -1.05. The van der Waals surface area contributed by atoms with Crippen molar-refractivity contribution in [1.29, 1.82) is 0 Å². The van der Waals surface area contributed by atoms with Gasteiger partial charge in [0.25, 0.3) is 11.8 Å². The molecule has 0 fully saturated rings. The second-order valence-corrected chi connectivity index (χ2v) is 6.66. The van der Waals surface area contributed by atoms with Crippen molar-refractivity contribution >= 4 is 23.6 Å². The first kappa shape index (κ1) is 22.7. The van der Waals surface area contributed by atoms with Crippen molar-refractivity contribution in [2.45, 2.75) is 32.9 Å². The van der Waals surface area contributed by atoms with Crippen LogP contribution in [0.2, 0.25) is 0 Å². The largest absolute Gasteiger partial charge is 0.497 e. The fourth-order valence-corrected chi connectivity index (χ4v) is 2.54. The number of nitrogens with zero attached hydrogens (tertiary/aromatic N) is 2. The maximum Gasteiger partial charge on any atom is 0.326 e. The van der Waals surface area contributed by atoms with Gasteiger partial charge in [0, 0.05) is 23.7 Å². The lowest BCUT2D eigenvalue weighted by Crippen LogP contribution is -2.36. The van der Waals surface area contributed by atoms with Crippen molar-refractivity contribution in [3.63, 3.8) is 0 Å². The summed E-state index contributed by atoms with van der Waals surface area (Å²) in [5.74, 6) is -0.394. The van der Waals surface area contributed by atoms with Crippen molar-refractivity contribution in [3.05, 3.63) is 36.0 Å². The minimum Gasteiger partial charge on any atom is -0.497 e. The van der Waals surface area contributed by atoms with Gasteiger partial charge in [-0.25, -0.2) is 4.68 Å². The zero-order chi connectivity index (χ0) is 22.3. The Hall–Kier alpha value is -3.56. The Morgan fingerprint density at radius 1 is 1.07 bits per heavy atom. The molecule has 0 spiro atoms. The Labute approximate surface area is 174 Å². The summed E-state index contributed by atoms with van der Waals surface area (Å²) in [5, 5.41) is 9.23. The van der Waals surface area contributed by atoms with Gasteiger partial charge in [-0.3, -0.25) is 14.4 Å². The molecule has 30 heavy (non-hydrogen) atoms. The molecule has 2 N–H and O–H groups in total. The van der Waals surface area contributed by atoms with E-state index in [1.54, 1.807) is 23.0 Å². The van der Waals surface area contributed by atoms with E-state index in [1.807, 2.05) is 13.8 Å². The highest BCUT2D eigenvalue weighted by Gasteiger charge is 2.20. The Morgan fingerprint density at radius 2 is 1.70 bits per heavy atom. The maximum atomic E-state index is 12.3. The quantitative estimate of drug-likeness (QED) is 0.596. The van der Waals surface area contributed by atoms with Crippen molar-refractivity contribution in [2.24, 2.45) is 0 Å². The van der Waals surface area contributed by atoms with Crippen molar-refractivity contribution < 1.29 is 28.6 Å². The second kappa shape index (κ2) is 10.3. The van der Waals surface area contributed by atoms with Crippen LogP contribution in [-0.4, -0.2) is 54.4 Å². The monoisotopic (exact) mass is 418 g/mol. The number of benzene rings is 1. The summed E-state index contributed by atoms with van der Waals surface area (Å²) >= 11 is 0. The van der Waals surface area contributed by atoms with Crippen LogP contribution in [0.15, 0.2) is 30.5 Å². The maximum absolute atomic E-state index is 12.3. The van der Waals surface area contributed by atoms with Gasteiger partial charge in [-0.15, -0.1) is 0 Å². The van der Waals surface area contributed by atoms with E-state index in [0.717, 1.165) is 0 Å². The van der Waals surface area contributed by atoms with E-state index in [-0.39, 0.29) is 11.6 Å². The summed E-state index contributed by atoms with van der Waals surface area (Å²) in [4.78, 5) is 36.6. The number of carbonyl (C=O) groups excluding carboxylic acids is 3. The van der Waals surface area contributed by atoms with Crippen LogP contribution in [-0.2, 0) is 14.3 Å². The first-order valence-corrected chi connectivity index (χ1v) is 9.30. The van der Waals surface area contributed by atoms with Gasteiger partial charge in [-0.2, -0.15) is 5.10 Å². The van der Waals surface area contributed by atoms with E-state index in [4.69, 9.17) is 14.2 Å². The number of amides is 2. The molecule has 0 bridgehead atoms. The highest BCUT2D eigenvalue weighted by Crippen LogP contribution is 2.22. The summed E-state index contributed by atoms with van der Waals surface area (Å²) in [6, 6.07) is 6.35. The van der Waals surface area contributed by atoms with Crippen LogP contribution in [0, 0.1) is 0 Å². The third-order valence-electron chi connectivity index (χ3n) is 4.10. The number of aromatic nitrogens is 2. The summed E-state index contributed by atoms with van der Waals surface area (Å²) in [6.45, 7) is 4.89. The van der Waals surface area contributed by atoms with Crippen LogP contribution in [0.25, 0.3) is 0 Å². The van der Waals surface area contributed by atoms with E-state index in [1.165, 1.54) is 33.3 Å². The smallest absolute Gasteiger partial charge is 0.326 e. The topological polar surface area (TPSA) is 121 Å². The number of esters is 1. The molecule has 0 aliphatic rings. The first-order valence-electron chi connectivity index (χ1n) is 9.30. The number of hydrogen-bond donors (Lipinski definition) is 2. The molecule has 1 aromatic heterocycles. The molecule has 0 saturated carbocycles. The number of carbonyl (C=O) groups is 3. The molecule has 2 aromatic rings. The molecular weight excluding hydrogens is 392 g/mol. The van der Waals surface area contributed by atoms with Crippen LogP contribution >= 0.6 is 0 Å². The lowest BCUT2D eigenvalue weighted by molar-refractivity contribution is -0.152. The van der Waals surface area contributed by atoms with E-state index < -0.39 is 30.4 Å². The molecule has 0 aliphatic carbocycles. The molecule has 1 atom stereocenters. The third-order valence-corrected chi connectivity index (χ3v) is 4.10. The van der Waals surface area contributed by atoms with E-state index in [2.05, 4.69) is 15.7 Å². The van der Waals surface area contributed by atoms with Gasteiger partial charge >= 0.3 is 5.97 Å². The number of anilines is 1. The number of rotatable bonds is 9. The van der Waals surface area contributed by atoms with Crippen LogP contribution < -0.4 is 20.1 Å². The van der Waals surface area contributed by atoms with Gasteiger partial charge < -0.3 is 24.8 Å².